The summed E-state index contributed by atoms with van der Waals surface area (Å²) in [5, 5.41) is 10.1. The van der Waals surface area contributed by atoms with Crippen molar-refractivity contribution in [1.29, 1.82) is 0 Å². The number of amides is 1. The molecule has 1 N–H and O–H groups in total. The van der Waals surface area contributed by atoms with Gasteiger partial charge in [0.25, 0.3) is 6.43 Å². The molecule has 1 amide bonds. The zero-order valence-electron chi connectivity index (χ0n) is 12.6. The minimum Gasteiger partial charge on any atom is -0.444 e. The molecule has 0 radical (unpaired) electrons. The number of halogens is 3. The van der Waals surface area contributed by atoms with E-state index in [1.54, 1.807) is 20.8 Å². The molecule has 1 aliphatic heterocycles. The maximum Gasteiger partial charge on any atom is 0.414 e. The van der Waals surface area contributed by atoms with Gasteiger partial charge in [0, 0.05) is 17.7 Å². The highest BCUT2D eigenvalue weighted by molar-refractivity contribution is 5.69. The number of hydrogen-bond acceptors (Lipinski definition) is 3. The quantitative estimate of drug-likeness (QED) is 0.807. The Morgan fingerprint density at radius 3 is 2.59 bits per heavy atom. The van der Waals surface area contributed by atoms with Crippen LogP contribution in [-0.2, 0) is 17.1 Å². The monoisotopic (exact) mass is 317 g/mol. The van der Waals surface area contributed by atoms with Crippen LogP contribution in [0.4, 0.5) is 18.0 Å². The van der Waals surface area contributed by atoms with Crippen molar-refractivity contribution >= 4 is 6.09 Å². The summed E-state index contributed by atoms with van der Waals surface area (Å²) in [7, 11) is 0. The number of carbonyl (C=O) groups excluding carboxylic acids is 1. The fourth-order valence-corrected chi connectivity index (χ4v) is 2.32. The smallest absolute Gasteiger partial charge is 0.414 e. The third-order valence-corrected chi connectivity index (χ3v) is 3.30. The van der Waals surface area contributed by atoms with E-state index in [4.69, 9.17) is 4.74 Å². The molecule has 0 spiro atoms. The molecule has 4 nitrogen and oxygen atoms in total. The van der Waals surface area contributed by atoms with E-state index in [1.165, 1.54) is 0 Å². The van der Waals surface area contributed by atoms with Gasteiger partial charge in [-0.2, -0.15) is 4.39 Å². The Labute approximate surface area is 126 Å². The van der Waals surface area contributed by atoms with Gasteiger partial charge in [-0.15, -0.1) is 0 Å². The Morgan fingerprint density at radius 1 is 1.41 bits per heavy atom. The molecule has 1 unspecified atom stereocenters. The molecule has 1 aliphatic rings. The van der Waals surface area contributed by atoms with Gasteiger partial charge in [-0.1, -0.05) is 12.1 Å². The van der Waals surface area contributed by atoms with Gasteiger partial charge < -0.3 is 9.84 Å². The van der Waals surface area contributed by atoms with E-state index in [-0.39, 0.29) is 29.7 Å². The predicted octanol–water partition coefficient (Wildman–Crippen LogP) is 3.49. The minimum atomic E-state index is -3.09. The van der Waals surface area contributed by atoms with Crippen molar-refractivity contribution < 1.29 is 27.8 Å². The molecule has 0 bridgehead atoms. The molecule has 0 aliphatic carbocycles. The lowest BCUT2D eigenvalue weighted by atomic mass is 9.95. The van der Waals surface area contributed by atoms with Crippen LogP contribution in [0.1, 0.15) is 43.9 Å². The molecule has 0 aromatic heterocycles. The summed E-state index contributed by atoms with van der Waals surface area (Å²) in [6, 6.07) is 3.26. The Bertz CT molecular complexity index is 582. The van der Waals surface area contributed by atoms with Crippen LogP contribution in [0.25, 0.3) is 0 Å². The number of fused-ring (bicyclic) bond motifs is 1. The first-order valence-electron chi connectivity index (χ1n) is 6.86. The average molecular weight is 317 g/mol. The van der Waals surface area contributed by atoms with Crippen LogP contribution in [0.3, 0.4) is 0 Å². The SMILES string of the molecule is CC(C)(C)OC(=O)N1CCc2cc(C(F)F)ccc2C1(O)F. The molecular formula is C15H18F3NO3. The van der Waals surface area contributed by atoms with Crippen LogP contribution in [0.2, 0.25) is 0 Å². The van der Waals surface area contributed by atoms with Gasteiger partial charge in [-0.3, -0.25) is 0 Å². The number of ether oxygens (including phenoxy) is 1. The van der Waals surface area contributed by atoms with Gasteiger partial charge in [-0.05, 0) is 38.8 Å². The molecule has 7 heteroatoms. The maximum atomic E-state index is 14.7. The summed E-state index contributed by atoms with van der Waals surface area (Å²) in [5.41, 5.74) is -1.05. The van der Waals surface area contributed by atoms with E-state index < -0.39 is 24.1 Å². The molecule has 0 fully saturated rings. The summed E-state index contributed by atoms with van der Waals surface area (Å²) >= 11 is 0. The number of hydrogen-bond donors (Lipinski definition) is 1. The van der Waals surface area contributed by atoms with E-state index in [2.05, 4.69) is 0 Å². The van der Waals surface area contributed by atoms with Gasteiger partial charge in [0.2, 0.25) is 0 Å². The lowest BCUT2D eigenvalue weighted by Crippen LogP contribution is -2.52. The Morgan fingerprint density at radius 2 is 2.05 bits per heavy atom. The van der Waals surface area contributed by atoms with E-state index in [9.17, 15) is 23.1 Å². The lowest BCUT2D eigenvalue weighted by Gasteiger charge is -2.39. The number of aliphatic hydroxyl groups is 1. The van der Waals surface area contributed by atoms with Crippen molar-refractivity contribution in [3.63, 3.8) is 0 Å². The van der Waals surface area contributed by atoms with Crippen molar-refractivity contribution in [2.75, 3.05) is 6.54 Å². The third kappa shape index (κ3) is 3.19. The molecule has 22 heavy (non-hydrogen) atoms. The Hall–Kier alpha value is -1.76. The number of benzene rings is 1. The van der Waals surface area contributed by atoms with Crippen molar-refractivity contribution in [3.05, 3.63) is 34.9 Å². The lowest BCUT2D eigenvalue weighted by molar-refractivity contribution is -0.212. The fourth-order valence-electron chi connectivity index (χ4n) is 2.32. The maximum absolute atomic E-state index is 14.7. The molecule has 1 aromatic carbocycles. The van der Waals surface area contributed by atoms with Crippen LogP contribution in [0.5, 0.6) is 0 Å². The predicted molar refractivity (Wildman–Crippen MR) is 73.0 cm³/mol. The van der Waals surface area contributed by atoms with Crippen LogP contribution < -0.4 is 0 Å². The van der Waals surface area contributed by atoms with Crippen LogP contribution >= 0.6 is 0 Å². The summed E-state index contributed by atoms with van der Waals surface area (Å²) in [6.45, 7) is 4.70. The van der Waals surface area contributed by atoms with Crippen molar-refractivity contribution in [2.45, 2.75) is 45.2 Å². The highest BCUT2D eigenvalue weighted by Crippen LogP contribution is 2.37. The molecule has 122 valence electrons. The normalized spacial score (nSPS) is 21.7. The molecule has 1 atom stereocenters. The van der Waals surface area contributed by atoms with Gasteiger partial charge >= 0.3 is 12.1 Å². The summed E-state index contributed by atoms with van der Waals surface area (Å²) in [6.07, 6.45) is -3.52. The largest absolute Gasteiger partial charge is 0.444 e. The van der Waals surface area contributed by atoms with Gasteiger partial charge in [0.1, 0.15) is 5.60 Å². The zero-order chi connectivity index (χ0) is 16.7. The number of carbonyl (C=O) groups is 1. The number of alkyl halides is 3. The molecular weight excluding hydrogens is 299 g/mol. The second-order valence-corrected chi connectivity index (χ2v) is 6.19. The van der Waals surface area contributed by atoms with E-state index in [0.29, 0.717) is 4.90 Å². The topological polar surface area (TPSA) is 49.8 Å². The second-order valence-electron chi connectivity index (χ2n) is 6.19. The van der Waals surface area contributed by atoms with Crippen molar-refractivity contribution in [3.8, 4) is 0 Å². The van der Waals surface area contributed by atoms with Gasteiger partial charge in [0.15, 0.2) is 0 Å². The van der Waals surface area contributed by atoms with Crippen LogP contribution in [-0.4, -0.2) is 28.2 Å². The molecule has 1 aromatic rings. The number of nitrogens with zero attached hydrogens (tertiary/aromatic N) is 1. The van der Waals surface area contributed by atoms with Crippen molar-refractivity contribution in [1.82, 2.24) is 4.90 Å². The van der Waals surface area contributed by atoms with Crippen LogP contribution in [0, 0.1) is 0 Å². The van der Waals surface area contributed by atoms with Crippen LogP contribution in [0.15, 0.2) is 18.2 Å². The first-order valence-corrected chi connectivity index (χ1v) is 6.86. The average Bonchev–Trinajstić information content (AvgIpc) is 2.35. The Balaban J connectivity index is 2.32. The molecule has 2 rings (SSSR count). The summed E-state index contributed by atoms with van der Waals surface area (Å²) in [4.78, 5) is 12.6. The first kappa shape index (κ1) is 16.6. The highest BCUT2D eigenvalue weighted by Gasteiger charge is 2.46. The van der Waals surface area contributed by atoms with Crippen molar-refractivity contribution in [2.24, 2.45) is 0 Å². The van der Waals surface area contributed by atoms with E-state index >= 15 is 0 Å². The first-order chi connectivity index (χ1) is 10.0. The van der Waals surface area contributed by atoms with E-state index in [0.717, 1.165) is 18.2 Å². The summed E-state index contributed by atoms with van der Waals surface area (Å²) in [5.74, 6) is -3.09. The highest BCUT2D eigenvalue weighted by atomic mass is 19.3. The molecule has 1 heterocycles. The molecule has 0 saturated carbocycles. The zero-order valence-corrected chi connectivity index (χ0v) is 12.6. The fraction of sp³-hybridized carbons (Fsp3) is 0.533. The number of rotatable bonds is 1. The Kier molecular flexibility index (Phi) is 4.12. The third-order valence-electron chi connectivity index (χ3n) is 3.30. The minimum absolute atomic E-state index is 0.154. The standard InChI is InChI=1S/C15H18F3NO3/c1-14(2,3)22-13(20)19-7-6-9-8-10(12(16)17)4-5-11(9)15(19,18)21/h4-5,8,12,21H,6-7H2,1-3H3. The van der Waals surface area contributed by atoms with E-state index in [1.807, 2.05) is 0 Å². The van der Waals surface area contributed by atoms with Gasteiger partial charge in [0.05, 0.1) is 0 Å². The second kappa shape index (κ2) is 5.46. The summed E-state index contributed by atoms with van der Waals surface area (Å²) < 4.78 is 45.1. The van der Waals surface area contributed by atoms with Gasteiger partial charge in [-0.25, -0.2) is 18.5 Å². The molecule has 0 saturated heterocycles.